The second-order valence-electron chi connectivity index (χ2n) is 5.61. The number of rotatable bonds is 4. The summed E-state index contributed by atoms with van der Waals surface area (Å²) < 4.78 is 0.945. The van der Waals surface area contributed by atoms with E-state index in [1.54, 1.807) is 0 Å². The number of amides is 1. The minimum atomic E-state index is -0.223. The molecule has 1 N–H and O–H groups in total. The van der Waals surface area contributed by atoms with Crippen molar-refractivity contribution in [1.82, 2.24) is 9.97 Å². The second-order valence-corrected chi connectivity index (χ2v) is 7.85. The number of fused-ring (bicyclic) bond motifs is 1. The van der Waals surface area contributed by atoms with Gasteiger partial charge in [-0.25, -0.2) is 4.98 Å². The topological polar surface area (TPSA) is 78.7 Å². The van der Waals surface area contributed by atoms with Crippen LogP contribution in [-0.4, -0.2) is 21.6 Å². The van der Waals surface area contributed by atoms with Crippen LogP contribution in [-0.2, 0) is 0 Å². The highest BCUT2D eigenvalue weighted by atomic mass is 32.2. The fraction of sp³-hybridized carbons (Fsp3) is 0.222. The molecule has 5 nitrogen and oxygen atoms in total. The predicted molar refractivity (Wildman–Crippen MR) is 102 cm³/mol. The highest BCUT2D eigenvalue weighted by molar-refractivity contribution is 8.01. The fourth-order valence-corrected chi connectivity index (χ4v) is 4.25. The fourth-order valence-electron chi connectivity index (χ4n) is 2.45. The largest absolute Gasteiger partial charge is 0.298 e. The number of thiazole rings is 1. The minimum Gasteiger partial charge on any atom is -0.298 e. The molecule has 2 aromatic heterocycles. The molecule has 0 radical (unpaired) electrons. The molecule has 1 aromatic carbocycles. The molecule has 0 saturated heterocycles. The summed E-state index contributed by atoms with van der Waals surface area (Å²) in [4.78, 5) is 21.6. The standard InChI is InChI=1S/C18H16N4OS2/c1-10-4-5-15-13(8-10)9-14(11(2)20-15)16(23)22-18-21-12(3)17(25-18)24-7-6-19/h4-5,8-9H,7H2,1-3H3,(H,21,22,23). The van der Waals surface area contributed by atoms with Gasteiger partial charge in [-0.3, -0.25) is 15.1 Å². The maximum Gasteiger partial charge on any atom is 0.259 e. The number of pyridine rings is 1. The molecule has 0 aliphatic rings. The lowest BCUT2D eigenvalue weighted by Gasteiger charge is -2.07. The van der Waals surface area contributed by atoms with Gasteiger partial charge >= 0.3 is 0 Å². The third-order valence-corrected chi connectivity index (χ3v) is 5.95. The van der Waals surface area contributed by atoms with Crippen LogP contribution in [0.3, 0.4) is 0 Å². The van der Waals surface area contributed by atoms with Crippen LogP contribution in [0, 0.1) is 32.1 Å². The van der Waals surface area contributed by atoms with Crippen molar-refractivity contribution >= 4 is 45.0 Å². The Balaban J connectivity index is 1.87. The lowest BCUT2D eigenvalue weighted by Crippen LogP contribution is -2.14. The Morgan fingerprint density at radius 1 is 1.24 bits per heavy atom. The van der Waals surface area contributed by atoms with Gasteiger partial charge in [0.2, 0.25) is 0 Å². The summed E-state index contributed by atoms with van der Waals surface area (Å²) in [6.45, 7) is 5.71. The van der Waals surface area contributed by atoms with Gasteiger partial charge in [0.15, 0.2) is 5.13 Å². The quantitative estimate of drug-likeness (QED) is 0.687. The van der Waals surface area contributed by atoms with Crippen LogP contribution in [0.2, 0.25) is 0 Å². The first-order chi connectivity index (χ1) is 12.0. The lowest BCUT2D eigenvalue weighted by atomic mass is 10.1. The Kier molecular flexibility index (Phi) is 5.02. The number of hydrogen-bond acceptors (Lipinski definition) is 6. The second kappa shape index (κ2) is 7.21. The van der Waals surface area contributed by atoms with Crippen LogP contribution in [0.5, 0.6) is 0 Å². The number of aryl methyl sites for hydroxylation is 3. The molecule has 0 bridgehead atoms. The van der Waals surface area contributed by atoms with E-state index in [1.807, 2.05) is 45.0 Å². The third kappa shape index (κ3) is 3.81. The number of nitrogens with one attached hydrogen (secondary N) is 1. The van der Waals surface area contributed by atoms with Gasteiger partial charge in [0.05, 0.1) is 38.5 Å². The van der Waals surface area contributed by atoms with Crippen LogP contribution in [0.25, 0.3) is 10.9 Å². The van der Waals surface area contributed by atoms with E-state index in [2.05, 4.69) is 21.4 Å². The van der Waals surface area contributed by atoms with Gasteiger partial charge in [0.1, 0.15) is 0 Å². The highest BCUT2D eigenvalue weighted by Gasteiger charge is 2.15. The number of hydrogen-bond donors (Lipinski definition) is 1. The molecule has 126 valence electrons. The van der Waals surface area contributed by atoms with Crippen molar-refractivity contribution in [3.05, 3.63) is 46.8 Å². The number of thioether (sulfide) groups is 1. The lowest BCUT2D eigenvalue weighted by molar-refractivity contribution is 0.102. The summed E-state index contributed by atoms with van der Waals surface area (Å²) in [5.74, 6) is 0.141. The highest BCUT2D eigenvalue weighted by Crippen LogP contribution is 2.32. The van der Waals surface area contributed by atoms with Gasteiger partial charge < -0.3 is 0 Å². The van der Waals surface area contributed by atoms with Crippen molar-refractivity contribution in [1.29, 1.82) is 5.26 Å². The van der Waals surface area contributed by atoms with Crippen LogP contribution >= 0.6 is 23.1 Å². The number of nitrogens with zero attached hydrogens (tertiary/aromatic N) is 3. The van der Waals surface area contributed by atoms with Gasteiger partial charge in [-0.2, -0.15) is 5.26 Å². The van der Waals surface area contributed by atoms with Crippen LogP contribution in [0.15, 0.2) is 28.5 Å². The van der Waals surface area contributed by atoms with Gasteiger partial charge in [0, 0.05) is 5.39 Å². The molecular formula is C18H16N4OS2. The van der Waals surface area contributed by atoms with E-state index < -0.39 is 0 Å². The average Bonchev–Trinajstić information content (AvgIpc) is 2.91. The molecule has 0 fully saturated rings. The summed E-state index contributed by atoms with van der Waals surface area (Å²) in [5.41, 5.74) is 4.04. The Bertz CT molecular complexity index is 1000. The van der Waals surface area contributed by atoms with E-state index in [0.29, 0.717) is 22.1 Å². The van der Waals surface area contributed by atoms with Crippen molar-refractivity contribution < 1.29 is 4.79 Å². The van der Waals surface area contributed by atoms with Crippen molar-refractivity contribution in [3.63, 3.8) is 0 Å². The van der Waals surface area contributed by atoms with E-state index in [4.69, 9.17) is 5.26 Å². The predicted octanol–water partition coefficient (Wildman–Crippen LogP) is 4.48. The Morgan fingerprint density at radius 2 is 2.04 bits per heavy atom. The van der Waals surface area contributed by atoms with Crippen LogP contribution in [0.1, 0.15) is 27.3 Å². The summed E-state index contributed by atoms with van der Waals surface area (Å²) in [5, 5.41) is 13.0. The van der Waals surface area contributed by atoms with Gasteiger partial charge in [0.25, 0.3) is 5.91 Å². The minimum absolute atomic E-state index is 0.223. The molecule has 0 spiro atoms. The number of anilines is 1. The number of carbonyl (C=O) groups excluding carboxylic acids is 1. The molecule has 2 heterocycles. The van der Waals surface area contributed by atoms with Crippen molar-refractivity contribution in [2.75, 3.05) is 11.1 Å². The van der Waals surface area contributed by atoms with E-state index in [9.17, 15) is 4.79 Å². The summed E-state index contributed by atoms with van der Waals surface area (Å²) in [6.07, 6.45) is 0. The van der Waals surface area contributed by atoms with Crippen molar-refractivity contribution in [3.8, 4) is 6.07 Å². The smallest absolute Gasteiger partial charge is 0.259 e. The average molecular weight is 368 g/mol. The zero-order chi connectivity index (χ0) is 18.0. The van der Waals surface area contributed by atoms with Crippen LogP contribution in [0.4, 0.5) is 5.13 Å². The first-order valence-electron chi connectivity index (χ1n) is 7.64. The van der Waals surface area contributed by atoms with E-state index >= 15 is 0 Å². The maximum absolute atomic E-state index is 12.7. The molecule has 0 saturated carbocycles. The molecule has 3 aromatic rings. The molecule has 0 atom stereocenters. The van der Waals surface area contributed by atoms with Gasteiger partial charge in [-0.15, -0.1) is 0 Å². The number of carbonyl (C=O) groups is 1. The molecule has 0 unspecified atom stereocenters. The molecule has 0 aliphatic carbocycles. The zero-order valence-electron chi connectivity index (χ0n) is 14.1. The van der Waals surface area contributed by atoms with Gasteiger partial charge in [-0.1, -0.05) is 34.7 Å². The van der Waals surface area contributed by atoms with E-state index in [0.717, 1.165) is 26.4 Å². The SMILES string of the molecule is Cc1ccc2nc(C)c(C(=O)Nc3nc(C)c(SCC#N)s3)cc2c1. The number of aromatic nitrogens is 2. The van der Waals surface area contributed by atoms with Crippen molar-refractivity contribution in [2.24, 2.45) is 0 Å². The third-order valence-electron chi connectivity index (χ3n) is 3.65. The Hall–Kier alpha value is -2.43. The Labute approximate surface area is 154 Å². The first-order valence-corrected chi connectivity index (χ1v) is 9.44. The Morgan fingerprint density at radius 3 is 2.80 bits per heavy atom. The monoisotopic (exact) mass is 368 g/mol. The number of benzene rings is 1. The van der Waals surface area contributed by atoms with E-state index in [-0.39, 0.29) is 5.91 Å². The van der Waals surface area contributed by atoms with Crippen molar-refractivity contribution in [2.45, 2.75) is 25.0 Å². The van der Waals surface area contributed by atoms with Crippen LogP contribution < -0.4 is 5.32 Å². The molecule has 7 heteroatoms. The molecule has 0 aliphatic heterocycles. The summed E-state index contributed by atoms with van der Waals surface area (Å²) in [6, 6.07) is 9.95. The van der Waals surface area contributed by atoms with E-state index in [1.165, 1.54) is 23.1 Å². The molecule has 3 rings (SSSR count). The zero-order valence-corrected chi connectivity index (χ0v) is 15.7. The molecular weight excluding hydrogens is 352 g/mol. The molecule has 25 heavy (non-hydrogen) atoms. The normalized spacial score (nSPS) is 10.6. The first kappa shape index (κ1) is 17.4. The summed E-state index contributed by atoms with van der Waals surface area (Å²) in [7, 11) is 0. The molecule has 1 amide bonds. The maximum atomic E-state index is 12.7. The summed E-state index contributed by atoms with van der Waals surface area (Å²) >= 11 is 2.81. The van der Waals surface area contributed by atoms with Gasteiger partial charge in [-0.05, 0) is 39.0 Å². The number of nitriles is 1.